The summed E-state index contributed by atoms with van der Waals surface area (Å²) >= 11 is 5.64. The molecule has 0 N–H and O–H groups in total. The third-order valence-corrected chi connectivity index (χ3v) is 3.68. The van der Waals surface area contributed by atoms with Crippen molar-refractivity contribution in [2.75, 3.05) is 13.3 Å². The van der Waals surface area contributed by atoms with Crippen molar-refractivity contribution in [1.29, 1.82) is 0 Å². The van der Waals surface area contributed by atoms with Gasteiger partial charge in [0.2, 0.25) is 29.1 Å². The summed E-state index contributed by atoms with van der Waals surface area (Å²) in [4.78, 5) is 0. The van der Waals surface area contributed by atoms with Crippen LogP contribution in [0.3, 0.4) is 0 Å². The number of hydrogen-bond acceptors (Lipinski definition) is 0. The molecule has 0 bridgehead atoms. The zero-order valence-corrected chi connectivity index (χ0v) is 11.8. The molecule has 0 unspecified atom stereocenters. The van der Waals surface area contributed by atoms with Crippen LogP contribution < -0.4 is 5.30 Å². The Labute approximate surface area is 110 Å². The maximum atomic E-state index is 13.1. The summed E-state index contributed by atoms with van der Waals surface area (Å²) in [5, 5.41) is -0.916. The Morgan fingerprint density at radius 2 is 1.00 bits per heavy atom. The molecule has 1 aromatic rings. The van der Waals surface area contributed by atoms with E-state index in [0.717, 1.165) is 0 Å². The molecule has 0 aromatic heterocycles. The van der Waals surface area contributed by atoms with Crippen LogP contribution >= 0.6 is 17.9 Å². The fourth-order valence-corrected chi connectivity index (χ4v) is 2.64. The van der Waals surface area contributed by atoms with Crippen molar-refractivity contribution in [3.8, 4) is 0 Å². The molecule has 0 aliphatic rings. The van der Waals surface area contributed by atoms with Crippen molar-refractivity contribution in [3.63, 3.8) is 0 Å². The molecule has 95 valence electrons. The molecule has 1 aromatic carbocycles. The van der Waals surface area contributed by atoms with Crippen molar-refractivity contribution < 1.29 is 44.3 Å². The molecule has 0 saturated carbocycles. The number of rotatable bonds is 1. The maximum absolute atomic E-state index is 13.1. The van der Waals surface area contributed by atoms with E-state index >= 15 is 0 Å². The second-order valence-electron chi connectivity index (χ2n) is 3.24. The Morgan fingerprint density at radius 1 is 0.750 bits per heavy atom. The van der Waals surface area contributed by atoms with Crippen LogP contribution in [0.25, 0.3) is 0 Å². The Bertz CT molecular complexity index is 389. The SMILES string of the molecule is C[P+](C)(Cl)c1c(F)c(F)c(F)c(F)c1F.[Au]. The summed E-state index contributed by atoms with van der Waals surface area (Å²) in [5.74, 6) is -9.78. The first-order valence-corrected chi connectivity index (χ1v) is 7.32. The quantitative estimate of drug-likeness (QED) is 0.198. The van der Waals surface area contributed by atoms with Gasteiger partial charge in [-0.2, -0.15) is 8.78 Å². The molecule has 1 rings (SSSR count). The fourth-order valence-electron chi connectivity index (χ4n) is 1.06. The van der Waals surface area contributed by atoms with E-state index in [4.69, 9.17) is 11.2 Å². The first kappa shape index (κ1) is 16.3. The molecule has 1 radical (unpaired) electrons. The predicted molar refractivity (Wildman–Crippen MR) is 50.5 cm³/mol. The minimum Gasteiger partial charge on any atom is -0.200 e. The van der Waals surface area contributed by atoms with Gasteiger partial charge in [0.25, 0.3) is 0 Å². The van der Waals surface area contributed by atoms with Crippen molar-refractivity contribution in [3.05, 3.63) is 29.1 Å². The van der Waals surface area contributed by atoms with E-state index in [1.807, 2.05) is 0 Å². The van der Waals surface area contributed by atoms with Crippen molar-refractivity contribution in [2.45, 2.75) is 0 Å². The normalized spacial score (nSPS) is 11.2. The average molecular weight is 461 g/mol. The van der Waals surface area contributed by atoms with Gasteiger partial charge in [0.15, 0.2) is 5.30 Å². The third-order valence-electron chi connectivity index (χ3n) is 1.72. The molecule has 0 fully saturated rings. The maximum Gasteiger partial charge on any atom is 0.208 e. The van der Waals surface area contributed by atoms with Crippen LogP contribution in [0, 0.1) is 29.1 Å². The van der Waals surface area contributed by atoms with Crippen molar-refractivity contribution in [1.82, 2.24) is 0 Å². The molecule has 0 amide bonds. The van der Waals surface area contributed by atoms with Crippen LogP contribution in [-0.4, -0.2) is 13.3 Å². The molecule has 0 saturated heterocycles. The summed E-state index contributed by atoms with van der Waals surface area (Å²) in [7, 11) is 0. The minimum atomic E-state index is -2.84. The second kappa shape index (κ2) is 5.32. The number of halogens is 6. The fraction of sp³-hybridized carbons (Fsp3) is 0.250. The molecule has 0 spiro atoms. The van der Waals surface area contributed by atoms with Crippen LogP contribution in [0.5, 0.6) is 0 Å². The zero-order chi connectivity index (χ0) is 12.0. The first-order chi connectivity index (χ1) is 6.68. The van der Waals surface area contributed by atoms with E-state index in [9.17, 15) is 22.0 Å². The summed E-state index contributed by atoms with van der Waals surface area (Å²) in [6.45, 7) is -0.356. The molecule has 0 nitrogen and oxygen atoms in total. The average Bonchev–Trinajstić information content (AvgIpc) is 2.09. The van der Waals surface area contributed by atoms with Crippen LogP contribution in [0.4, 0.5) is 22.0 Å². The zero-order valence-electron chi connectivity index (χ0n) is 8.02. The van der Waals surface area contributed by atoms with Crippen molar-refractivity contribution >= 4 is 23.2 Å². The molecule has 0 atom stereocenters. The minimum absolute atomic E-state index is 0. The van der Waals surface area contributed by atoms with Gasteiger partial charge in [-0.3, -0.25) is 0 Å². The van der Waals surface area contributed by atoms with E-state index in [2.05, 4.69) is 0 Å². The van der Waals surface area contributed by atoms with Crippen LogP contribution in [0.1, 0.15) is 0 Å². The second-order valence-corrected chi connectivity index (χ2v) is 8.85. The van der Waals surface area contributed by atoms with Gasteiger partial charge in [-0.1, -0.05) is 0 Å². The van der Waals surface area contributed by atoms with Crippen LogP contribution in [0.2, 0.25) is 0 Å². The Balaban J connectivity index is 0.00000225. The van der Waals surface area contributed by atoms with E-state index in [1.54, 1.807) is 0 Å². The standard InChI is InChI=1S/C8H6ClF5P.Au/c1-15(2,9)8-6(13)4(11)3(10)5(12)7(8)14;/h1-2H3;/q+1;. The van der Waals surface area contributed by atoms with Gasteiger partial charge < -0.3 is 0 Å². The van der Waals surface area contributed by atoms with Gasteiger partial charge in [-0.05, 0) is 0 Å². The molecule has 16 heavy (non-hydrogen) atoms. The van der Waals surface area contributed by atoms with E-state index in [0.29, 0.717) is 0 Å². The summed E-state index contributed by atoms with van der Waals surface area (Å²) in [6.07, 6.45) is 0. The summed E-state index contributed by atoms with van der Waals surface area (Å²) in [6, 6.07) is 0. The van der Waals surface area contributed by atoms with Crippen molar-refractivity contribution in [2.24, 2.45) is 0 Å². The van der Waals surface area contributed by atoms with Gasteiger partial charge in [-0.15, -0.1) is 0 Å². The number of benzene rings is 1. The van der Waals surface area contributed by atoms with Crippen LogP contribution in [0.15, 0.2) is 0 Å². The van der Waals surface area contributed by atoms with E-state index < -0.39 is 41.0 Å². The van der Waals surface area contributed by atoms with E-state index in [-0.39, 0.29) is 22.4 Å². The predicted octanol–water partition coefficient (Wildman–Crippen LogP) is 3.44. The first-order valence-electron chi connectivity index (χ1n) is 3.73. The molecule has 0 aliphatic carbocycles. The van der Waals surface area contributed by atoms with Gasteiger partial charge in [0.05, 0.1) is 24.6 Å². The number of hydrogen-bond donors (Lipinski definition) is 0. The topological polar surface area (TPSA) is 0 Å². The van der Waals surface area contributed by atoms with Crippen LogP contribution in [-0.2, 0) is 22.4 Å². The molecular formula is C8H6AuClF5P+. The van der Waals surface area contributed by atoms with Gasteiger partial charge in [0, 0.05) is 22.4 Å². The Morgan fingerprint density at radius 3 is 1.25 bits per heavy atom. The molecule has 0 heterocycles. The molecule has 8 heteroatoms. The van der Waals surface area contributed by atoms with E-state index in [1.165, 1.54) is 13.3 Å². The van der Waals surface area contributed by atoms with Gasteiger partial charge >= 0.3 is 0 Å². The Kier molecular flexibility index (Phi) is 5.43. The third kappa shape index (κ3) is 2.77. The van der Waals surface area contributed by atoms with Gasteiger partial charge in [0.1, 0.15) is 6.62 Å². The molecule has 0 aliphatic heterocycles. The van der Waals surface area contributed by atoms with Gasteiger partial charge in [-0.25, -0.2) is 13.2 Å². The smallest absolute Gasteiger partial charge is 0.200 e. The summed E-state index contributed by atoms with van der Waals surface area (Å²) in [5.41, 5.74) is 0. The Hall–Kier alpha value is 0.330. The molecular weight excluding hydrogens is 454 g/mol. The summed E-state index contributed by atoms with van der Waals surface area (Å²) < 4.78 is 64.3. The monoisotopic (exact) mass is 460 g/mol. The largest absolute Gasteiger partial charge is 0.208 e.